The van der Waals surface area contributed by atoms with E-state index in [1.807, 2.05) is 24.3 Å². The van der Waals surface area contributed by atoms with Gasteiger partial charge in [0.2, 0.25) is 0 Å². The summed E-state index contributed by atoms with van der Waals surface area (Å²) in [5.41, 5.74) is 19.8. The van der Waals surface area contributed by atoms with Gasteiger partial charge >= 0.3 is 0 Å². The second-order valence-electron chi connectivity index (χ2n) is 9.54. The summed E-state index contributed by atoms with van der Waals surface area (Å²) in [4.78, 5) is 2.38. The lowest BCUT2D eigenvalue weighted by molar-refractivity contribution is 1.31. The minimum Gasteiger partial charge on any atom is -0.399 e. The van der Waals surface area contributed by atoms with Gasteiger partial charge in [-0.3, -0.25) is 0 Å². The van der Waals surface area contributed by atoms with E-state index in [0.717, 1.165) is 67.0 Å². The number of nitrogens with one attached hydrogen (secondary N) is 3. The molecule has 7 rings (SSSR count). The summed E-state index contributed by atoms with van der Waals surface area (Å²) in [7, 11) is 0. The van der Waals surface area contributed by atoms with Gasteiger partial charge in [0.05, 0.1) is 11.4 Å². The molecule has 38 heavy (non-hydrogen) atoms. The van der Waals surface area contributed by atoms with E-state index in [1.165, 1.54) is 9.79 Å². The first-order valence-electron chi connectivity index (χ1n) is 12.4. The van der Waals surface area contributed by atoms with E-state index >= 15 is 0 Å². The quantitative estimate of drug-likeness (QED) is 0.152. The molecule has 0 saturated carbocycles. The van der Waals surface area contributed by atoms with Crippen molar-refractivity contribution in [3.05, 3.63) is 109 Å². The molecular formula is C32H25N5S. The molecule has 0 atom stereocenters. The standard InChI is InChI=1S/C32H25N5S/c33-23-5-1-21-15-25(7-3-19(21)13-23)35-27-10-12-31-30(17-27)37-29-11-9-28(18-32(29)38-31)36-26-8-4-20-14-24(34)6-2-22(20)16-26/h1-18,35-37H,33-34H2. The maximum absolute atomic E-state index is 5.92. The number of hydrogen-bond acceptors (Lipinski definition) is 6. The van der Waals surface area contributed by atoms with Gasteiger partial charge < -0.3 is 27.4 Å². The molecule has 0 aromatic heterocycles. The van der Waals surface area contributed by atoms with E-state index in [0.29, 0.717) is 0 Å². The largest absolute Gasteiger partial charge is 0.399 e. The number of anilines is 8. The van der Waals surface area contributed by atoms with E-state index in [1.54, 1.807) is 11.8 Å². The van der Waals surface area contributed by atoms with Crippen molar-refractivity contribution in [2.24, 2.45) is 0 Å². The van der Waals surface area contributed by atoms with Crippen LogP contribution in [-0.4, -0.2) is 0 Å². The molecule has 1 aliphatic rings. The monoisotopic (exact) mass is 511 g/mol. The zero-order chi connectivity index (χ0) is 25.6. The van der Waals surface area contributed by atoms with Crippen LogP contribution < -0.4 is 27.4 Å². The molecule has 6 aromatic carbocycles. The minimum atomic E-state index is 0.777. The molecule has 184 valence electrons. The maximum Gasteiger partial charge on any atom is 0.0547 e. The number of hydrogen-bond donors (Lipinski definition) is 5. The summed E-state index contributed by atoms with van der Waals surface area (Å²) in [6.07, 6.45) is 0. The fourth-order valence-corrected chi connectivity index (χ4v) is 5.87. The summed E-state index contributed by atoms with van der Waals surface area (Å²) < 4.78 is 0. The topological polar surface area (TPSA) is 88.1 Å². The molecule has 7 N–H and O–H groups in total. The maximum atomic E-state index is 5.92. The first-order chi connectivity index (χ1) is 18.6. The van der Waals surface area contributed by atoms with Crippen LogP contribution in [0.2, 0.25) is 0 Å². The highest BCUT2D eigenvalue weighted by Crippen LogP contribution is 2.46. The lowest BCUT2D eigenvalue weighted by Gasteiger charge is -2.22. The minimum absolute atomic E-state index is 0.777. The molecule has 5 nitrogen and oxygen atoms in total. The Kier molecular flexibility index (Phi) is 5.27. The Bertz CT molecular complexity index is 1730. The van der Waals surface area contributed by atoms with Crippen LogP contribution in [0.5, 0.6) is 0 Å². The predicted octanol–water partition coefficient (Wildman–Crippen LogP) is 8.85. The zero-order valence-electron chi connectivity index (χ0n) is 20.5. The Morgan fingerprint density at radius 2 is 0.947 bits per heavy atom. The Labute approximate surface area is 224 Å². The van der Waals surface area contributed by atoms with Gasteiger partial charge in [0, 0.05) is 43.9 Å². The van der Waals surface area contributed by atoms with Gasteiger partial charge in [-0.15, -0.1) is 0 Å². The van der Waals surface area contributed by atoms with Crippen molar-refractivity contribution < 1.29 is 0 Å². The Morgan fingerprint density at radius 3 is 1.61 bits per heavy atom. The van der Waals surface area contributed by atoms with Crippen LogP contribution in [0.1, 0.15) is 0 Å². The van der Waals surface area contributed by atoms with E-state index in [4.69, 9.17) is 11.5 Å². The number of rotatable bonds is 4. The van der Waals surface area contributed by atoms with E-state index in [2.05, 4.69) is 101 Å². The smallest absolute Gasteiger partial charge is 0.0547 e. The molecule has 0 fully saturated rings. The third-order valence-corrected chi connectivity index (χ3v) is 7.89. The third-order valence-electron chi connectivity index (χ3n) is 6.76. The Hall–Kier alpha value is -4.81. The first-order valence-corrected chi connectivity index (χ1v) is 13.2. The average molecular weight is 512 g/mol. The molecule has 0 unspecified atom stereocenters. The van der Waals surface area contributed by atoms with Crippen LogP contribution in [-0.2, 0) is 0 Å². The molecule has 0 radical (unpaired) electrons. The number of benzene rings is 6. The van der Waals surface area contributed by atoms with Crippen molar-refractivity contribution in [1.29, 1.82) is 0 Å². The van der Waals surface area contributed by atoms with Crippen molar-refractivity contribution in [2.45, 2.75) is 9.79 Å². The molecular weight excluding hydrogens is 486 g/mol. The van der Waals surface area contributed by atoms with E-state index in [9.17, 15) is 0 Å². The van der Waals surface area contributed by atoms with Crippen molar-refractivity contribution >= 4 is 78.8 Å². The van der Waals surface area contributed by atoms with E-state index in [-0.39, 0.29) is 0 Å². The van der Waals surface area contributed by atoms with Crippen LogP contribution in [0.15, 0.2) is 119 Å². The molecule has 0 bridgehead atoms. The van der Waals surface area contributed by atoms with Gasteiger partial charge in [-0.25, -0.2) is 0 Å². The lowest BCUT2D eigenvalue weighted by Crippen LogP contribution is -2.02. The molecule has 0 amide bonds. The van der Waals surface area contributed by atoms with Gasteiger partial charge in [-0.2, -0.15) is 0 Å². The molecule has 0 spiro atoms. The summed E-state index contributed by atoms with van der Waals surface area (Å²) in [5.74, 6) is 0. The summed E-state index contributed by atoms with van der Waals surface area (Å²) in [5, 5.41) is 15.3. The normalized spacial score (nSPS) is 12.0. The SMILES string of the molecule is Nc1ccc2cc(Nc3ccc4c(c3)Nc3ccc(Nc5ccc6cc(N)ccc6c5)cc3S4)ccc2c1. The van der Waals surface area contributed by atoms with Crippen molar-refractivity contribution in [1.82, 2.24) is 0 Å². The molecule has 1 aliphatic heterocycles. The van der Waals surface area contributed by atoms with E-state index < -0.39 is 0 Å². The van der Waals surface area contributed by atoms with Crippen LogP contribution in [0.4, 0.5) is 45.5 Å². The van der Waals surface area contributed by atoms with Gasteiger partial charge in [0.25, 0.3) is 0 Å². The van der Waals surface area contributed by atoms with Crippen LogP contribution in [0.3, 0.4) is 0 Å². The van der Waals surface area contributed by atoms with Crippen molar-refractivity contribution in [3.63, 3.8) is 0 Å². The van der Waals surface area contributed by atoms with Gasteiger partial charge in [-0.05, 0) is 106 Å². The van der Waals surface area contributed by atoms with Crippen LogP contribution in [0, 0.1) is 0 Å². The lowest BCUT2D eigenvalue weighted by atomic mass is 10.1. The number of fused-ring (bicyclic) bond motifs is 4. The molecule has 6 heteroatoms. The summed E-state index contributed by atoms with van der Waals surface area (Å²) >= 11 is 1.77. The number of nitrogen functional groups attached to an aromatic ring is 2. The zero-order valence-corrected chi connectivity index (χ0v) is 21.3. The third kappa shape index (κ3) is 4.31. The molecule has 6 aromatic rings. The highest BCUT2D eigenvalue weighted by molar-refractivity contribution is 7.99. The summed E-state index contributed by atoms with van der Waals surface area (Å²) in [6, 6.07) is 37.5. The highest BCUT2D eigenvalue weighted by atomic mass is 32.2. The molecule has 0 aliphatic carbocycles. The molecule has 0 saturated heterocycles. The van der Waals surface area contributed by atoms with Crippen LogP contribution in [0.25, 0.3) is 21.5 Å². The molecule has 1 heterocycles. The van der Waals surface area contributed by atoms with Crippen molar-refractivity contribution in [2.75, 3.05) is 27.4 Å². The number of nitrogens with two attached hydrogens (primary N) is 2. The summed E-state index contributed by atoms with van der Waals surface area (Å²) in [6.45, 7) is 0. The second-order valence-corrected chi connectivity index (χ2v) is 10.6. The Balaban J connectivity index is 1.09. The fourth-order valence-electron chi connectivity index (χ4n) is 4.86. The predicted molar refractivity (Wildman–Crippen MR) is 164 cm³/mol. The van der Waals surface area contributed by atoms with Gasteiger partial charge in [0.15, 0.2) is 0 Å². The van der Waals surface area contributed by atoms with Crippen LogP contribution >= 0.6 is 11.8 Å². The first kappa shape index (κ1) is 22.4. The fraction of sp³-hybridized carbons (Fsp3) is 0. The average Bonchev–Trinajstić information content (AvgIpc) is 2.92. The van der Waals surface area contributed by atoms with Gasteiger partial charge in [0.1, 0.15) is 0 Å². The van der Waals surface area contributed by atoms with Crippen molar-refractivity contribution in [3.8, 4) is 0 Å². The second kappa shape index (κ2) is 8.94. The Morgan fingerprint density at radius 1 is 0.447 bits per heavy atom. The highest BCUT2D eigenvalue weighted by Gasteiger charge is 2.17. The van der Waals surface area contributed by atoms with Gasteiger partial charge in [-0.1, -0.05) is 36.0 Å².